The van der Waals surface area contributed by atoms with E-state index in [0.717, 1.165) is 17.0 Å². The van der Waals surface area contributed by atoms with Crippen molar-refractivity contribution in [1.29, 1.82) is 5.41 Å². The molecule has 0 aliphatic heterocycles. The van der Waals surface area contributed by atoms with E-state index in [9.17, 15) is 26.3 Å². The third-order valence-electron chi connectivity index (χ3n) is 6.22. The molecule has 3 aromatic carbocycles. The van der Waals surface area contributed by atoms with Gasteiger partial charge in [0.15, 0.2) is 11.6 Å². The van der Waals surface area contributed by atoms with Gasteiger partial charge in [0.2, 0.25) is 0 Å². The van der Waals surface area contributed by atoms with Crippen LogP contribution in [-0.2, 0) is 16.1 Å². The summed E-state index contributed by atoms with van der Waals surface area (Å²) >= 11 is 0. The second-order valence-corrected chi connectivity index (χ2v) is 10.5. The molecule has 4 aromatic rings. The number of nitrogens with one attached hydrogen (secondary N) is 2. The van der Waals surface area contributed by atoms with E-state index in [1.807, 2.05) is 62.9 Å². The highest BCUT2D eigenvalue weighted by Crippen LogP contribution is 2.38. The van der Waals surface area contributed by atoms with Crippen molar-refractivity contribution in [3.63, 3.8) is 0 Å². The van der Waals surface area contributed by atoms with E-state index in [2.05, 4.69) is 4.98 Å². The summed E-state index contributed by atoms with van der Waals surface area (Å²) in [7, 11) is 0. The van der Waals surface area contributed by atoms with Crippen molar-refractivity contribution < 1.29 is 60.0 Å². The Bertz CT molecular complexity index is 1750. The van der Waals surface area contributed by atoms with E-state index in [1.165, 1.54) is 0 Å². The molecule has 0 fully saturated rings. The number of hydrogen-bond donors (Lipinski definition) is 5. The highest BCUT2D eigenvalue weighted by Gasteiger charge is 2.39. The normalized spacial score (nSPS) is 11.1. The average Bonchev–Trinajstić information content (AvgIpc) is 3.41. The molecule has 0 radical (unpaired) electrons. The summed E-state index contributed by atoms with van der Waals surface area (Å²) < 4.78 is 91.0. The number of H-pyrrole nitrogens is 1. The number of benzene rings is 3. The van der Waals surface area contributed by atoms with Crippen LogP contribution in [0.4, 0.5) is 42.1 Å². The van der Waals surface area contributed by atoms with Gasteiger partial charge in [-0.1, -0.05) is 30.3 Å². The summed E-state index contributed by atoms with van der Waals surface area (Å²) in [6.45, 7) is 8.22. The van der Waals surface area contributed by atoms with E-state index >= 15 is 4.39 Å². The Morgan fingerprint density at radius 1 is 0.961 bits per heavy atom. The molecule has 51 heavy (non-hydrogen) atoms. The molecule has 4 rings (SSSR count). The van der Waals surface area contributed by atoms with Gasteiger partial charge in [0.25, 0.3) is 0 Å². The Balaban J connectivity index is 0.000000543. The number of amidine groups is 1. The van der Waals surface area contributed by atoms with Gasteiger partial charge < -0.3 is 35.3 Å². The molecule has 11 nitrogen and oxygen atoms in total. The van der Waals surface area contributed by atoms with Crippen LogP contribution in [0.1, 0.15) is 37.9 Å². The zero-order valence-corrected chi connectivity index (χ0v) is 27.5. The molecule has 0 saturated carbocycles. The number of rotatable bonds is 10. The minimum Gasteiger partial charge on any atom is -0.494 e. The predicted octanol–water partition coefficient (Wildman–Crippen LogP) is 7.60. The predicted molar refractivity (Wildman–Crippen MR) is 173 cm³/mol. The first-order valence-electron chi connectivity index (χ1n) is 14.7. The molecule has 1 aromatic heterocycles. The van der Waals surface area contributed by atoms with Crippen LogP contribution in [-0.4, -0.2) is 63.0 Å². The van der Waals surface area contributed by atoms with Crippen molar-refractivity contribution in [3.05, 3.63) is 89.6 Å². The summed E-state index contributed by atoms with van der Waals surface area (Å²) in [4.78, 5) is 27.8. The largest absolute Gasteiger partial charge is 0.494 e. The Labute approximate surface area is 287 Å². The van der Waals surface area contributed by atoms with Gasteiger partial charge in [-0.15, -0.1) is 0 Å². The van der Waals surface area contributed by atoms with Crippen molar-refractivity contribution in [3.8, 4) is 22.8 Å². The summed E-state index contributed by atoms with van der Waals surface area (Å²) in [6.07, 6.45) is -10.4. The highest BCUT2D eigenvalue weighted by molar-refractivity contribution is 5.95. The van der Waals surface area contributed by atoms with Gasteiger partial charge in [-0.3, -0.25) is 5.41 Å². The van der Waals surface area contributed by atoms with Gasteiger partial charge in [0.1, 0.15) is 17.4 Å². The summed E-state index contributed by atoms with van der Waals surface area (Å²) in [5.41, 5.74) is 9.97. The van der Waals surface area contributed by atoms with E-state index in [-0.39, 0.29) is 29.9 Å². The second-order valence-electron chi connectivity index (χ2n) is 10.5. The second kappa shape index (κ2) is 17.7. The number of aliphatic carboxylic acids is 2. The number of nitrogens with zero attached hydrogens (tertiary/aromatic N) is 2. The fourth-order valence-electron chi connectivity index (χ4n) is 4.11. The number of aromatic amines is 1. The number of nitrogen functional groups attached to an aromatic ring is 1. The number of hydrogen-bond acceptors (Lipinski definition) is 7. The molecule has 6 N–H and O–H groups in total. The Kier molecular flexibility index (Phi) is 14.4. The topological polar surface area (TPSA) is 175 Å². The van der Waals surface area contributed by atoms with Crippen LogP contribution >= 0.6 is 0 Å². The van der Waals surface area contributed by atoms with Crippen molar-refractivity contribution in [2.45, 2.75) is 52.7 Å². The lowest BCUT2D eigenvalue weighted by molar-refractivity contribution is -0.193. The Morgan fingerprint density at radius 3 is 1.94 bits per heavy atom. The van der Waals surface area contributed by atoms with Gasteiger partial charge in [-0.05, 0) is 52.0 Å². The maximum atomic E-state index is 15.9. The number of ether oxygens (including phenoxy) is 2. The third kappa shape index (κ3) is 12.5. The lowest BCUT2D eigenvalue weighted by Crippen LogP contribution is -2.21. The monoisotopic (exact) mass is 729 g/mol. The van der Waals surface area contributed by atoms with E-state index < -0.39 is 30.1 Å². The van der Waals surface area contributed by atoms with Crippen molar-refractivity contribution >= 4 is 29.1 Å². The van der Waals surface area contributed by atoms with Crippen LogP contribution in [0.15, 0.2) is 66.7 Å². The Morgan fingerprint density at radius 2 is 1.49 bits per heavy atom. The molecular weight excluding hydrogens is 695 g/mol. The fraction of sp³-hybridized carbons (Fsp3) is 0.273. The fourth-order valence-corrected chi connectivity index (χ4v) is 4.11. The number of alkyl halides is 6. The van der Waals surface area contributed by atoms with Crippen molar-refractivity contribution in [1.82, 2.24) is 9.97 Å². The zero-order valence-electron chi connectivity index (χ0n) is 27.5. The van der Waals surface area contributed by atoms with E-state index in [0.29, 0.717) is 29.4 Å². The summed E-state index contributed by atoms with van der Waals surface area (Å²) in [6, 6.07) is 20.2. The number of nitrogens with two attached hydrogens (primary N) is 1. The molecule has 0 amide bonds. The molecule has 0 atom stereocenters. The average molecular weight is 730 g/mol. The maximum Gasteiger partial charge on any atom is 0.490 e. The molecule has 0 aliphatic rings. The molecule has 1 heterocycles. The molecule has 0 aliphatic carbocycles. The minimum absolute atomic E-state index is 0.0376. The number of carbonyl (C=O) groups is 2. The number of carboxylic acids is 2. The highest BCUT2D eigenvalue weighted by atomic mass is 19.4. The first-order chi connectivity index (χ1) is 23.6. The van der Waals surface area contributed by atoms with Crippen LogP contribution in [0.5, 0.6) is 11.5 Å². The zero-order chi connectivity index (χ0) is 38.7. The van der Waals surface area contributed by atoms with Crippen LogP contribution in [0, 0.1) is 18.2 Å². The molecule has 276 valence electrons. The van der Waals surface area contributed by atoms with Gasteiger partial charge in [-0.2, -0.15) is 26.3 Å². The summed E-state index contributed by atoms with van der Waals surface area (Å²) in [5, 5.41) is 22.0. The van der Waals surface area contributed by atoms with Gasteiger partial charge in [0.05, 0.1) is 30.6 Å². The number of aromatic nitrogens is 2. The number of aryl methyl sites for hydroxylation is 1. The lowest BCUT2D eigenvalue weighted by atomic mass is 10.1. The van der Waals surface area contributed by atoms with Crippen LogP contribution in [0.2, 0.25) is 0 Å². The van der Waals surface area contributed by atoms with Crippen LogP contribution in [0.3, 0.4) is 0 Å². The number of halogens is 7. The molecule has 0 spiro atoms. The maximum absolute atomic E-state index is 15.9. The lowest BCUT2D eigenvalue weighted by Gasteiger charge is -2.26. The van der Waals surface area contributed by atoms with Gasteiger partial charge in [0, 0.05) is 34.6 Å². The van der Waals surface area contributed by atoms with Gasteiger partial charge in [-0.25, -0.2) is 19.0 Å². The van der Waals surface area contributed by atoms with Crippen LogP contribution in [0.25, 0.3) is 11.3 Å². The van der Waals surface area contributed by atoms with Crippen LogP contribution < -0.4 is 20.1 Å². The minimum atomic E-state index is -5.08. The molecule has 0 unspecified atom stereocenters. The number of anilines is 2. The Hall–Kier alpha value is -5.81. The first kappa shape index (κ1) is 41.4. The SMILES string of the molecule is CCOc1cc(OC(C)C)c(F)c(N(Cc2nc(-c3ccccc3)c(C)[nH]2)c2ccc(C(=N)N)cc2)c1.O=C(O)C(F)(F)F.O=C(O)C(F)(F)F. The molecule has 0 saturated heterocycles. The van der Waals surface area contributed by atoms with Crippen molar-refractivity contribution in [2.24, 2.45) is 5.73 Å². The standard InChI is InChI=1S/C29H32FN5O2.2C2HF3O2/c1-5-36-23-15-24(27(30)25(16-23)37-18(2)3)35(22-13-11-21(12-14-22)29(31)32)17-26-33-19(4)28(34-26)20-9-7-6-8-10-20;2*3-2(4,5)1(6)7/h6-16,18H,5,17H2,1-4H3,(H3,31,32)(H,33,34);2*(H,6,7). The smallest absolute Gasteiger partial charge is 0.490 e. The summed E-state index contributed by atoms with van der Waals surface area (Å²) in [5.74, 6) is -4.77. The molecule has 18 heteroatoms. The van der Waals surface area contributed by atoms with E-state index in [4.69, 9.17) is 45.4 Å². The third-order valence-corrected chi connectivity index (χ3v) is 6.22. The number of carboxylic acid groups (broad SMARTS) is 2. The first-order valence-corrected chi connectivity index (χ1v) is 14.7. The quantitative estimate of drug-likeness (QED) is 0.0626. The van der Waals surface area contributed by atoms with E-state index in [1.54, 1.807) is 36.4 Å². The molecular formula is C33H34F7N5O6. The van der Waals surface area contributed by atoms with Gasteiger partial charge >= 0.3 is 24.3 Å². The molecule has 0 bridgehead atoms. The van der Waals surface area contributed by atoms with Crippen molar-refractivity contribution in [2.75, 3.05) is 11.5 Å². The number of imidazole rings is 1.